The molecule has 0 aliphatic carbocycles. The summed E-state index contributed by atoms with van der Waals surface area (Å²) in [7, 11) is 0. The molecular formula is C8H10N2O2. The summed E-state index contributed by atoms with van der Waals surface area (Å²) in [5, 5.41) is 8.72. The van der Waals surface area contributed by atoms with Crippen LogP contribution in [-0.2, 0) is 4.79 Å². The van der Waals surface area contributed by atoms with Gasteiger partial charge in [0.05, 0.1) is 5.92 Å². The van der Waals surface area contributed by atoms with Crippen molar-refractivity contribution in [1.82, 2.24) is 4.98 Å². The van der Waals surface area contributed by atoms with Gasteiger partial charge >= 0.3 is 5.97 Å². The zero-order valence-corrected chi connectivity index (χ0v) is 6.47. The van der Waals surface area contributed by atoms with E-state index in [9.17, 15) is 4.79 Å². The molecule has 64 valence electrons. The van der Waals surface area contributed by atoms with Crippen LogP contribution in [-0.4, -0.2) is 22.6 Å². The van der Waals surface area contributed by atoms with Crippen molar-refractivity contribution in [3.05, 3.63) is 30.1 Å². The molecular weight excluding hydrogens is 156 g/mol. The molecule has 0 aromatic carbocycles. The molecule has 0 aliphatic rings. The highest BCUT2D eigenvalue weighted by atomic mass is 16.4. The summed E-state index contributed by atoms with van der Waals surface area (Å²) in [5.41, 5.74) is 5.94. The summed E-state index contributed by atoms with van der Waals surface area (Å²) in [6, 6.07) is 3.40. The maximum absolute atomic E-state index is 10.6. The Morgan fingerprint density at radius 3 is 2.92 bits per heavy atom. The normalized spacial score (nSPS) is 12.4. The van der Waals surface area contributed by atoms with Gasteiger partial charge in [-0.05, 0) is 11.6 Å². The zero-order chi connectivity index (χ0) is 8.97. The largest absolute Gasteiger partial charge is 0.481 e. The maximum atomic E-state index is 10.6. The van der Waals surface area contributed by atoms with Gasteiger partial charge in [-0.15, -0.1) is 0 Å². The van der Waals surface area contributed by atoms with Gasteiger partial charge in [-0.25, -0.2) is 0 Å². The molecule has 3 N–H and O–H groups in total. The summed E-state index contributed by atoms with van der Waals surface area (Å²) in [6.45, 7) is 0.0982. The van der Waals surface area contributed by atoms with Crippen LogP contribution >= 0.6 is 0 Å². The van der Waals surface area contributed by atoms with Crippen molar-refractivity contribution < 1.29 is 9.90 Å². The molecule has 0 saturated carbocycles. The summed E-state index contributed by atoms with van der Waals surface area (Å²) in [6.07, 6.45) is 3.12. The first kappa shape index (κ1) is 8.67. The molecule has 0 fully saturated rings. The lowest BCUT2D eigenvalue weighted by molar-refractivity contribution is -0.138. The summed E-state index contributed by atoms with van der Waals surface area (Å²) in [4.78, 5) is 14.4. The van der Waals surface area contributed by atoms with Crippen LogP contribution in [0.5, 0.6) is 0 Å². The third-order valence-corrected chi connectivity index (χ3v) is 1.62. The highest BCUT2D eigenvalue weighted by Crippen LogP contribution is 2.12. The first-order chi connectivity index (χ1) is 5.75. The molecule has 0 amide bonds. The molecule has 0 radical (unpaired) electrons. The molecule has 4 nitrogen and oxygen atoms in total. The first-order valence-corrected chi connectivity index (χ1v) is 3.58. The van der Waals surface area contributed by atoms with Gasteiger partial charge in [-0.1, -0.05) is 6.07 Å². The lowest BCUT2D eigenvalue weighted by Crippen LogP contribution is -2.21. The quantitative estimate of drug-likeness (QED) is 0.672. The standard InChI is InChI=1S/C8H10N2O2/c9-4-7(8(11)12)6-2-1-3-10-5-6/h1-3,5,7H,4,9H2,(H,11,12)/t7-/m1/s1. The van der Waals surface area contributed by atoms with E-state index in [0.717, 1.165) is 0 Å². The molecule has 0 aliphatic heterocycles. The highest BCUT2D eigenvalue weighted by molar-refractivity contribution is 5.76. The first-order valence-electron chi connectivity index (χ1n) is 3.58. The van der Waals surface area contributed by atoms with Gasteiger partial charge in [-0.2, -0.15) is 0 Å². The van der Waals surface area contributed by atoms with Gasteiger partial charge in [0.2, 0.25) is 0 Å². The molecule has 0 bridgehead atoms. The monoisotopic (exact) mass is 166 g/mol. The minimum atomic E-state index is -0.912. The second-order valence-electron chi connectivity index (χ2n) is 2.41. The predicted molar refractivity (Wildman–Crippen MR) is 43.7 cm³/mol. The SMILES string of the molecule is NC[C@@H](C(=O)O)c1cccnc1. The van der Waals surface area contributed by atoms with E-state index >= 15 is 0 Å². The lowest BCUT2D eigenvalue weighted by atomic mass is 10.0. The van der Waals surface area contributed by atoms with E-state index in [1.165, 1.54) is 6.20 Å². The Labute approximate surface area is 70.0 Å². The molecule has 1 aromatic heterocycles. The zero-order valence-electron chi connectivity index (χ0n) is 6.47. The number of aliphatic carboxylic acids is 1. The number of hydrogen-bond donors (Lipinski definition) is 2. The molecule has 0 spiro atoms. The third-order valence-electron chi connectivity index (χ3n) is 1.62. The van der Waals surface area contributed by atoms with E-state index < -0.39 is 11.9 Å². The minimum Gasteiger partial charge on any atom is -0.481 e. The molecule has 1 aromatic rings. The lowest BCUT2D eigenvalue weighted by Gasteiger charge is -2.07. The highest BCUT2D eigenvalue weighted by Gasteiger charge is 2.17. The van der Waals surface area contributed by atoms with Crippen LogP contribution in [0.15, 0.2) is 24.5 Å². The van der Waals surface area contributed by atoms with Crippen LogP contribution in [0.1, 0.15) is 11.5 Å². The number of nitrogens with zero attached hydrogens (tertiary/aromatic N) is 1. The molecule has 0 unspecified atom stereocenters. The van der Waals surface area contributed by atoms with Crippen molar-refractivity contribution in [3.63, 3.8) is 0 Å². The second-order valence-corrected chi connectivity index (χ2v) is 2.41. The van der Waals surface area contributed by atoms with Gasteiger partial charge < -0.3 is 10.8 Å². The summed E-state index contributed by atoms with van der Waals surface area (Å²) in [5.74, 6) is -1.55. The number of carboxylic acids is 1. The molecule has 1 atom stereocenters. The Morgan fingerprint density at radius 1 is 1.75 bits per heavy atom. The third kappa shape index (κ3) is 1.79. The Balaban J connectivity index is 2.88. The number of nitrogens with two attached hydrogens (primary N) is 1. The average Bonchev–Trinajstić information content (AvgIpc) is 2.07. The van der Waals surface area contributed by atoms with Gasteiger partial charge in [0.15, 0.2) is 0 Å². The van der Waals surface area contributed by atoms with Crippen LogP contribution in [0.4, 0.5) is 0 Å². The van der Waals surface area contributed by atoms with Crippen molar-refractivity contribution in [2.45, 2.75) is 5.92 Å². The summed E-state index contributed by atoms with van der Waals surface area (Å²) < 4.78 is 0. The molecule has 0 saturated heterocycles. The van der Waals surface area contributed by atoms with Crippen molar-refractivity contribution in [3.8, 4) is 0 Å². The van der Waals surface area contributed by atoms with Crippen LogP contribution in [0.3, 0.4) is 0 Å². The molecule has 1 heterocycles. The van der Waals surface area contributed by atoms with E-state index in [-0.39, 0.29) is 6.54 Å². The van der Waals surface area contributed by atoms with Gasteiger partial charge in [0.25, 0.3) is 0 Å². The molecule has 12 heavy (non-hydrogen) atoms. The number of rotatable bonds is 3. The minimum absolute atomic E-state index is 0.0982. The Hall–Kier alpha value is -1.42. The van der Waals surface area contributed by atoms with E-state index in [1.54, 1.807) is 18.3 Å². The summed E-state index contributed by atoms with van der Waals surface area (Å²) >= 11 is 0. The fraction of sp³-hybridized carbons (Fsp3) is 0.250. The Kier molecular flexibility index (Phi) is 2.76. The van der Waals surface area contributed by atoms with Crippen LogP contribution < -0.4 is 5.73 Å². The number of hydrogen-bond acceptors (Lipinski definition) is 3. The second kappa shape index (κ2) is 3.82. The van der Waals surface area contributed by atoms with E-state index in [0.29, 0.717) is 5.56 Å². The number of carbonyl (C=O) groups is 1. The van der Waals surface area contributed by atoms with Gasteiger partial charge in [-0.3, -0.25) is 9.78 Å². The van der Waals surface area contributed by atoms with E-state index in [4.69, 9.17) is 10.8 Å². The Morgan fingerprint density at radius 2 is 2.50 bits per heavy atom. The molecule has 4 heteroatoms. The van der Waals surface area contributed by atoms with Gasteiger partial charge in [0.1, 0.15) is 0 Å². The number of carboxylic acid groups (broad SMARTS) is 1. The van der Waals surface area contributed by atoms with Crippen LogP contribution in [0, 0.1) is 0 Å². The predicted octanol–water partition coefficient (Wildman–Crippen LogP) is 0.208. The van der Waals surface area contributed by atoms with E-state index in [1.807, 2.05) is 0 Å². The van der Waals surface area contributed by atoms with Crippen molar-refractivity contribution in [2.75, 3.05) is 6.54 Å². The average molecular weight is 166 g/mol. The van der Waals surface area contributed by atoms with Crippen LogP contribution in [0.2, 0.25) is 0 Å². The fourth-order valence-electron chi connectivity index (χ4n) is 0.962. The van der Waals surface area contributed by atoms with Gasteiger partial charge in [0, 0.05) is 18.9 Å². The van der Waals surface area contributed by atoms with E-state index in [2.05, 4.69) is 4.98 Å². The topological polar surface area (TPSA) is 76.2 Å². The smallest absolute Gasteiger partial charge is 0.312 e. The maximum Gasteiger partial charge on any atom is 0.312 e. The van der Waals surface area contributed by atoms with Crippen molar-refractivity contribution in [1.29, 1.82) is 0 Å². The molecule has 1 rings (SSSR count). The van der Waals surface area contributed by atoms with Crippen molar-refractivity contribution in [2.24, 2.45) is 5.73 Å². The Bertz CT molecular complexity index is 261. The van der Waals surface area contributed by atoms with Crippen LogP contribution in [0.25, 0.3) is 0 Å². The van der Waals surface area contributed by atoms with Crippen molar-refractivity contribution >= 4 is 5.97 Å². The fourth-order valence-corrected chi connectivity index (χ4v) is 0.962. The number of pyridine rings is 1. The number of aromatic nitrogens is 1.